The molecule has 19 nitrogen and oxygen atoms in total. The maximum atomic E-state index is 16.0. The normalized spacial score (nSPS) is 21.1. The third kappa shape index (κ3) is 10.0. The lowest BCUT2D eigenvalue weighted by molar-refractivity contribution is -0.137. The molecule has 0 bridgehead atoms. The van der Waals surface area contributed by atoms with Crippen LogP contribution >= 0.6 is 11.6 Å². The van der Waals surface area contributed by atoms with Crippen molar-refractivity contribution >= 4 is 75.7 Å². The van der Waals surface area contributed by atoms with Crippen molar-refractivity contribution in [1.29, 1.82) is 0 Å². The van der Waals surface area contributed by atoms with Gasteiger partial charge in [0.25, 0.3) is 23.8 Å². The van der Waals surface area contributed by atoms with Gasteiger partial charge in [0, 0.05) is 87.0 Å². The largest absolute Gasteiger partial charge is 0.483 e. The Hall–Kier alpha value is -6.38. The molecule has 9 rings (SSSR count). The Balaban J connectivity index is 0.00000198. The van der Waals surface area contributed by atoms with Crippen LogP contribution in [0.1, 0.15) is 74.3 Å². The molecule has 0 spiro atoms. The highest BCUT2D eigenvalue weighted by atomic mass is 35.5. The second-order valence-electron chi connectivity index (χ2n) is 17.5. The van der Waals surface area contributed by atoms with E-state index in [0.717, 1.165) is 62.8 Å². The van der Waals surface area contributed by atoms with E-state index in [0.29, 0.717) is 52.9 Å². The topological polar surface area (TPSA) is 221 Å². The Morgan fingerprint density at radius 3 is 2.42 bits per heavy atom. The van der Waals surface area contributed by atoms with Crippen molar-refractivity contribution in [3.8, 4) is 5.75 Å². The summed E-state index contributed by atoms with van der Waals surface area (Å²) in [6.07, 6.45) is 5.88. The molecule has 21 heteroatoms. The molecule has 67 heavy (non-hydrogen) atoms. The van der Waals surface area contributed by atoms with Gasteiger partial charge in [-0.3, -0.25) is 39.0 Å². The van der Waals surface area contributed by atoms with Crippen molar-refractivity contribution in [1.82, 2.24) is 35.0 Å². The third-order valence-corrected chi connectivity index (χ3v) is 13.4. The van der Waals surface area contributed by atoms with Gasteiger partial charge in [-0.25, -0.2) is 9.37 Å². The van der Waals surface area contributed by atoms with Crippen LogP contribution in [0.3, 0.4) is 0 Å². The third-order valence-electron chi connectivity index (χ3n) is 13.1. The molecule has 3 saturated heterocycles. The number of carboxylic acid groups (broad SMARTS) is 1. The molecule has 6 heterocycles. The fourth-order valence-corrected chi connectivity index (χ4v) is 9.68. The number of anilines is 4. The van der Waals surface area contributed by atoms with Crippen LogP contribution in [0, 0.1) is 5.82 Å². The number of rotatable bonds is 12. The van der Waals surface area contributed by atoms with Crippen LogP contribution < -0.4 is 36.0 Å². The van der Waals surface area contributed by atoms with Gasteiger partial charge >= 0.3 is 0 Å². The van der Waals surface area contributed by atoms with Crippen molar-refractivity contribution in [3.05, 3.63) is 74.9 Å². The molecule has 4 aromatic rings. The van der Waals surface area contributed by atoms with E-state index in [1.165, 1.54) is 11.9 Å². The SMILES string of the molecule is CNC(=O)COc1cc2cc(Nc3nc(N4CCC(OC5CC(N6CCN(c7ccc8c(c7F)CN(C7CCC(=O)NC7=O)C8=O)CC6)C5)CC4)ncc3Cl)ccc2n(C(C)C)c1=O.O=CO. The number of piperidine rings is 2. The zero-order valence-electron chi connectivity index (χ0n) is 37.5. The Morgan fingerprint density at radius 2 is 1.73 bits per heavy atom. The molecule has 0 radical (unpaired) electrons. The van der Waals surface area contributed by atoms with E-state index in [4.69, 9.17) is 36.0 Å². The Bertz CT molecular complexity index is 2610. The Morgan fingerprint density at radius 1 is 1.00 bits per heavy atom. The Labute approximate surface area is 390 Å². The van der Waals surface area contributed by atoms with Gasteiger partial charge in [-0.1, -0.05) is 11.6 Å². The van der Waals surface area contributed by atoms with Crippen LogP contribution in [-0.2, 0) is 30.5 Å². The van der Waals surface area contributed by atoms with Gasteiger partial charge < -0.3 is 44.5 Å². The van der Waals surface area contributed by atoms with Gasteiger partial charge in [-0.15, -0.1) is 0 Å². The van der Waals surface area contributed by atoms with Crippen molar-refractivity contribution in [3.63, 3.8) is 0 Å². The predicted molar refractivity (Wildman–Crippen MR) is 247 cm³/mol. The van der Waals surface area contributed by atoms with Crippen LogP contribution in [-0.4, -0.2) is 137 Å². The number of benzene rings is 2. The van der Waals surface area contributed by atoms with E-state index in [1.807, 2.05) is 36.9 Å². The van der Waals surface area contributed by atoms with Crippen LogP contribution in [0.2, 0.25) is 5.02 Å². The van der Waals surface area contributed by atoms with E-state index in [9.17, 15) is 24.0 Å². The first-order valence-electron chi connectivity index (χ1n) is 22.5. The van der Waals surface area contributed by atoms with Gasteiger partial charge in [0.1, 0.15) is 11.1 Å². The molecule has 4 aliphatic heterocycles. The summed E-state index contributed by atoms with van der Waals surface area (Å²) in [6, 6.07) is 10.1. The summed E-state index contributed by atoms with van der Waals surface area (Å²) in [5, 5.41) is 16.1. The van der Waals surface area contributed by atoms with Gasteiger partial charge in [-0.2, -0.15) is 4.98 Å². The highest BCUT2D eigenvalue weighted by Crippen LogP contribution is 2.37. The summed E-state index contributed by atoms with van der Waals surface area (Å²) < 4.78 is 29.8. The molecule has 2 aromatic carbocycles. The van der Waals surface area contributed by atoms with E-state index < -0.39 is 17.8 Å². The summed E-state index contributed by atoms with van der Waals surface area (Å²) in [7, 11) is 1.51. The van der Waals surface area contributed by atoms with E-state index >= 15 is 4.39 Å². The first-order chi connectivity index (χ1) is 32.3. The number of hydrogen-bond donors (Lipinski definition) is 4. The maximum Gasteiger partial charge on any atom is 0.293 e. The molecule has 2 aromatic heterocycles. The van der Waals surface area contributed by atoms with E-state index in [1.54, 1.807) is 29.0 Å². The zero-order chi connectivity index (χ0) is 47.5. The van der Waals surface area contributed by atoms with Gasteiger partial charge in [0.05, 0.1) is 36.2 Å². The van der Waals surface area contributed by atoms with Gasteiger partial charge in [0.15, 0.2) is 24.0 Å². The fraction of sp³-hybridized carbons (Fsp3) is 0.478. The van der Waals surface area contributed by atoms with E-state index in [2.05, 4.69) is 30.7 Å². The lowest BCUT2D eigenvalue weighted by Gasteiger charge is -2.47. The lowest BCUT2D eigenvalue weighted by Crippen LogP contribution is -2.56. The predicted octanol–water partition coefficient (Wildman–Crippen LogP) is 3.83. The molecule has 1 atom stereocenters. The maximum absolute atomic E-state index is 16.0. The van der Waals surface area contributed by atoms with Crippen molar-refractivity contribution in [2.24, 2.45) is 0 Å². The van der Waals surface area contributed by atoms with Gasteiger partial charge in [-0.05, 0) is 82.3 Å². The summed E-state index contributed by atoms with van der Waals surface area (Å²) in [5.74, 6) is -0.904. The molecule has 4 N–H and O–H groups in total. The molecule has 1 saturated carbocycles. The average Bonchev–Trinajstić information content (AvgIpc) is 3.64. The van der Waals surface area contributed by atoms with Crippen molar-refractivity contribution < 1.29 is 42.9 Å². The average molecular weight is 945 g/mol. The number of piperazine rings is 1. The number of halogens is 2. The first-order valence-corrected chi connectivity index (χ1v) is 22.9. The number of aromatic nitrogens is 3. The second kappa shape index (κ2) is 20.2. The molecule has 4 fully saturated rings. The number of ether oxygens (including phenoxy) is 2. The number of imide groups is 1. The van der Waals surface area contributed by atoms with Crippen LogP contribution in [0.5, 0.6) is 5.75 Å². The van der Waals surface area contributed by atoms with E-state index in [-0.39, 0.29) is 85.3 Å². The van der Waals surface area contributed by atoms with Crippen LogP contribution in [0.15, 0.2) is 47.4 Å². The second-order valence-corrected chi connectivity index (χ2v) is 17.9. The minimum absolute atomic E-state index is 0.0113. The highest BCUT2D eigenvalue weighted by molar-refractivity contribution is 6.33. The number of fused-ring (bicyclic) bond motifs is 2. The number of nitrogens with one attached hydrogen (secondary N) is 3. The number of amides is 4. The molecule has 356 valence electrons. The number of nitrogens with zero attached hydrogens (tertiary/aromatic N) is 7. The van der Waals surface area contributed by atoms with Gasteiger partial charge in [0.2, 0.25) is 17.8 Å². The van der Waals surface area contributed by atoms with Crippen LogP contribution in [0.4, 0.5) is 27.5 Å². The molecular weight excluding hydrogens is 891 g/mol. The number of hydrogen-bond acceptors (Lipinski definition) is 14. The highest BCUT2D eigenvalue weighted by Gasteiger charge is 2.42. The molecule has 1 unspecified atom stereocenters. The molecule has 1 aliphatic carbocycles. The van der Waals surface area contributed by atoms with Crippen LogP contribution in [0.25, 0.3) is 10.9 Å². The molecule has 4 amide bonds. The lowest BCUT2D eigenvalue weighted by atomic mass is 9.87. The number of likely N-dealkylation sites (N-methyl/N-ethyl adjacent to an activating group) is 1. The minimum atomic E-state index is -0.783. The summed E-state index contributed by atoms with van der Waals surface area (Å²) in [4.78, 5) is 88.0. The van der Waals surface area contributed by atoms with Crippen molar-refractivity contribution in [2.75, 3.05) is 68.0 Å². The number of pyridine rings is 1. The quantitative estimate of drug-likeness (QED) is 0.117. The fourth-order valence-electron chi connectivity index (χ4n) is 9.54. The molecular formula is C46H54ClFN10O9. The summed E-state index contributed by atoms with van der Waals surface area (Å²) in [6.45, 7) is 7.69. The minimum Gasteiger partial charge on any atom is -0.483 e. The van der Waals surface area contributed by atoms with Crippen molar-refractivity contribution in [2.45, 2.75) is 89.3 Å². The number of carbonyl (C=O) groups is 5. The Kier molecular flexibility index (Phi) is 14.2. The summed E-state index contributed by atoms with van der Waals surface area (Å²) in [5.41, 5.74) is 2.17. The monoisotopic (exact) mass is 944 g/mol. The smallest absolute Gasteiger partial charge is 0.293 e. The summed E-state index contributed by atoms with van der Waals surface area (Å²) >= 11 is 6.59. The standard InChI is InChI=1S/C45H52ClFN10O7.CH2O2/c1-25(2)57-34-6-4-27(18-26(34)19-37(44(57)62)63-24-39(59)48-3)50-41-33(46)22-49-45(52-41)55-12-10-29(11-13-55)64-30-20-28(21-30)53-14-16-54(17-15-53)35-7-5-31-32(40(35)47)23-56(43(31)61)36-8-9-38(58)51-42(36)60;2-1-3/h4-7,18-19,22,25,28-30,36H,8-17,20-21,23-24H2,1-3H3,(H,48,59)(H,49,50,52)(H,51,58,60);1H,(H,2,3). The number of carbonyl (C=O) groups excluding carboxylic acids is 4. The zero-order valence-corrected chi connectivity index (χ0v) is 38.3. The first kappa shape index (κ1) is 47.1. The molecule has 5 aliphatic rings.